The molecular weight excluding hydrogens is 190 g/mol. The van der Waals surface area contributed by atoms with Crippen LogP contribution in [-0.2, 0) is 6.54 Å². The minimum absolute atomic E-state index is 0.159. The minimum Gasteiger partial charge on any atom is -0.506 e. The second kappa shape index (κ2) is 4.41. The van der Waals surface area contributed by atoms with Crippen LogP contribution in [-0.4, -0.2) is 15.1 Å². The van der Waals surface area contributed by atoms with Crippen molar-refractivity contribution >= 4 is 5.69 Å². The van der Waals surface area contributed by atoms with E-state index in [-0.39, 0.29) is 5.75 Å². The zero-order valence-corrected chi connectivity index (χ0v) is 8.09. The van der Waals surface area contributed by atoms with Crippen molar-refractivity contribution < 1.29 is 5.11 Å². The lowest BCUT2D eigenvalue weighted by Gasteiger charge is -2.05. The summed E-state index contributed by atoms with van der Waals surface area (Å²) in [4.78, 5) is 7.88. The zero-order chi connectivity index (χ0) is 10.5. The first-order chi connectivity index (χ1) is 7.34. The van der Waals surface area contributed by atoms with Gasteiger partial charge in [0.2, 0.25) is 0 Å². The van der Waals surface area contributed by atoms with Crippen LogP contribution in [0.2, 0.25) is 0 Å². The average molecular weight is 201 g/mol. The molecule has 0 saturated heterocycles. The van der Waals surface area contributed by atoms with Gasteiger partial charge in [-0.15, -0.1) is 0 Å². The summed E-state index contributed by atoms with van der Waals surface area (Å²) >= 11 is 0. The van der Waals surface area contributed by atoms with Crippen molar-refractivity contribution in [3.8, 4) is 5.75 Å². The third-order valence-electron chi connectivity index (χ3n) is 1.94. The van der Waals surface area contributed by atoms with E-state index < -0.39 is 0 Å². The number of hydrogen-bond acceptors (Lipinski definition) is 4. The topological polar surface area (TPSA) is 58.0 Å². The first-order valence-corrected chi connectivity index (χ1v) is 4.61. The van der Waals surface area contributed by atoms with Crippen LogP contribution in [0.3, 0.4) is 0 Å². The van der Waals surface area contributed by atoms with E-state index in [0.29, 0.717) is 6.54 Å². The van der Waals surface area contributed by atoms with Crippen molar-refractivity contribution in [1.29, 1.82) is 0 Å². The van der Waals surface area contributed by atoms with Crippen LogP contribution in [0.25, 0.3) is 0 Å². The third kappa shape index (κ3) is 2.67. The SMILES string of the molecule is Oc1cncc(NCc2cccnc2)c1. The lowest BCUT2D eigenvalue weighted by Crippen LogP contribution is -1.99. The van der Waals surface area contributed by atoms with E-state index in [1.807, 2.05) is 12.1 Å². The molecule has 0 atom stereocenters. The van der Waals surface area contributed by atoms with Crippen molar-refractivity contribution in [1.82, 2.24) is 9.97 Å². The molecule has 0 unspecified atom stereocenters. The van der Waals surface area contributed by atoms with E-state index in [1.54, 1.807) is 24.7 Å². The minimum atomic E-state index is 0.159. The summed E-state index contributed by atoms with van der Waals surface area (Å²) in [5, 5.41) is 12.3. The lowest BCUT2D eigenvalue weighted by atomic mass is 10.3. The molecular formula is C11H11N3O. The van der Waals surface area contributed by atoms with Crippen molar-refractivity contribution in [3.05, 3.63) is 48.5 Å². The smallest absolute Gasteiger partial charge is 0.135 e. The number of aromatic nitrogens is 2. The van der Waals surface area contributed by atoms with Gasteiger partial charge in [0, 0.05) is 25.0 Å². The highest BCUT2D eigenvalue weighted by atomic mass is 16.3. The maximum absolute atomic E-state index is 9.20. The molecule has 2 rings (SSSR count). The first kappa shape index (κ1) is 9.45. The van der Waals surface area contributed by atoms with Crippen molar-refractivity contribution in [2.45, 2.75) is 6.54 Å². The highest BCUT2D eigenvalue weighted by molar-refractivity contribution is 5.44. The fourth-order valence-electron chi connectivity index (χ4n) is 1.23. The largest absolute Gasteiger partial charge is 0.506 e. The van der Waals surface area contributed by atoms with Crippen molar-refractivity contribution in [2.75, 3.05) is 5.32 Å². The van der Waals surface area contributed by atoms with Gasteiger partial charge >= 0.3 is 0 Å². The molecule has 0 aliphatic rings. The van der Waals surface area contributed by atoms with Gasteiger partial charge in [-0.25, -0.2) is 0 Å². The normalized spacial score (nSPS) is 9.87. The van der Waals surface area contributed by atoms with Gasteiger partial charge in [0.15, 0.2) is 0 Å². The Kier molecular flexibility index (Phi) is 2.78. The van der Waals surface area contributed by atoms with Gasteiger partial charge in [-0.3, -0.25) is 9.97 Å². The second-order valence-electron chi connectivity index (χ2n) is 3.15. The molecule has 0 amide bonds. The summed E-state index contributed by atoms with van der Waals surface area (Å²) in [6.45, 7) is 0.666. The van der Waals surface area contributed by atoms with Gasteiger partial charge in [-0.1, -0.05) is 6.07 Å². The Morgan fingerprint density at radius 2 is 2.13 bits per heavy atom. The molecule has 2 aromatic rings. The Labute approximate surface area is 87.6 Å². The number of nitrogens with zero attached hydrogens (tertiary/aromatic N) is 2. The second-order valence-corrected chi connectivity index (χ2v) is 3.15. The summed E-state index contributed by atoms with van der Waals surface area (Å²) in [5.41, 5.74) is 1.87. The van der Waals surface area contributed by atoms with Crippen LogP contribution < -0.4 is 5.32 Å². The zero-order valence-electron chi connectivity index (χ0n) is 8.09. The number of pyridine rings is 2. The van der Waals surface area contributed by atoms with Gasteiger partial charge in [-0.2, -0.15) is 0 Å². The Morgan fingerprint density at radius 3 is 2.87 bits per heavy atom. The molecule has 2 aromatic heterocycles. The number of anilines is 1. The lowest BCUT2D eigenvalue weighted by molar-refractivity contribution is 0.473. The molecule has 4 nitrogen and oxygen atoms in total. The Bertz CT molecular complexity index is 431. The summed E-state index contributed by atoms with van der Waals surface area (Å²) in [7, 11) is 0. The summed E-state index contributed by atoms with van der Waals surface area (Å²) in [6, 6.07) is 5.50. The molecule has 0 radical (unpaired) electrons. The Morgan fingerprint density at radius 1 is 1.20 bits per heavy atom. The van der Waals surface area contributed by atoms with Gasteiger partial charge in [0.05, 0.1) is 18.1 Å². The molecule has 0 aliphatic carbocycles. The van der Waals surface area contributed by atoms with Crippen molar-refractivity contribution in [2.24, 2.45) is 0 Å². The van der Waals surface area contributed by atoms with E-state index in [1.165, 1.54) is 6.20 Å². The van der Waals surface area contributed by atoms with Crippen LogP contribution in [0.1, 0.15) is 5.56 Å². The number of nitrogens with one attached hydrogen (secondary N) is 1. The van der Waals surface area contributed by atoms with Crippen LogP contribution in [0.5, 0.6) is 5.75 Å². The summed E-state index contributed by atoms with van der Waals surface area (Å²) in [6.07, 6.45) is 6.59. The number of hydrogen-bond donors (Lipinski definition) is 2. The maximum atomic E-state index is 9.20. The molecule has 0 fully saturated rings. The quantitative estimate of drug-likeness (QED) is 0.794. The van der Waals surface area contributed by atoms with E-state index in [2.05, 4.69) is 15.3 Å². The van der Waals surface area contributed by atoms with Gasteiger partial charge in [0.25, 0.3) is 0 Å². The van der Waals surface area contributed by atoms with Gasteiger partial charge in [0.1, 0.15) is 5.75 Å². The fraction of sp³-hybridized carbons (Fsp3) is 0.0909. The van der Waals surface area contributed by atoms with Gasteiger partial charge < -0.3 is 10.4 Å². The van der Waals surface area contributed by atoms with Crippen molar-refractivity contribution in [3.63, 3.8) is 0 Å². The molecule has 0 spiro atoms. The average Bonchev–Trinajstić information content (AvgIpc) is 2.28. The molecule has 0 bridgehead atoms. The van der Waals surface area contributed by atoms with E-state index in [4.69, 9.17) is 0 Å². The molecule has 0 saturated carbocycles. The molecule has 4 heteroatoms. The Balaban J connectivity index is 1.99. The number of rotatable bonds is 3. The molecule has 0 aromatic carbocycles. The van der Waals surface area contributed by atoms with E-state index >= 15 is 0 Å². The van der Waals surface area contributed by atoms with Crippen LogP contribution in [0.15, 0.2) is 43.0 Å². The Hall–Kier alpha value is -2.10. The third-order valence-corrected chi connectivity index (χ3v) is 1.94. The molecule has 2 N–H and O–H groups in total. The molecule has 76 valence electrons. The monoisotopic (exact) mass is 201 g/mol. The molecule has 2 heterocycles. The van der Waals surface area contributed by atoms with Gasteiger partial charge in [-0.05, 0) is 11.6 Å². The maximum Gasteiger partial charge on any atom is 0.135 e. The van der Waals surface area contributed by atoms with Crippen LogP contribution >= 0.6 is 0 Å². The highest BCUT2D eigenvalue weighted by Gasteiger charge is 1.95. The predicted octanol–water partition coefficient (Wildman–Crippen LogP) is 1.79. The van der Waals surface area contributed by atoms with E-state index in [9.17, 15) is 5.11 Å². The highest BCUT2D eigenvalue weighted by Crippen LogP contribution is 2.13. The standard InChI is InChI=1S/C11H11N3O/c15-11-4-10(7-13-8-11)14-6-9-2-1-3-12-5-9/h1-5,7-8,14-15H,6H2. The van der Waals surface area contributed by atoms with Crippen LogP contribution in [0, 0.1) is 0 Å². The summed E-state index contributed by atoms with van der Waals surface area (Å²) < 4.78 is 0. The fourth-order valence-corrected chi connectivity index (χ4v) is 1.23. The molecule has 0 aliphatic heterocycles. The van der Waals surface area contributed by atoms with Crippen LogP contribution in [0.4, 0.5) is 5.69 Å². The predicted molar refractivity (Wildman–Crippen MR) is 57.5 cm³/mol. The molecule has 15 heavy (non-hydrogen) atoms. The van der Waals surface area contributed by atoms with E-state index in [0.717, 1.165) is 11.3 Å². The number of aromatic hydroxyl groups is 1. The summed E-state index contributed by atoms with van der Waals surface area (Å²) in [5.74, 6) is 0.159. The first-order valence-electron chi connectivity index (χ1n) is 4.61.